The summed E-state index contributed by atoms with van der Waals surface area (Å²) in [6.45, 7) is 10.1. The van der Waals surface area contributed by atoms with Crippen molar-refractivity contribution in [3.63, 3.8) is 0 Å². The first-order valence-corrected chi connectivity index (χ1v) is 8.20. The molecule has 1 aliphatic rings. The van der Waals surface area contributed by atoms with Crippen LogP contribution in [0.5, 0.6) is 11.5 Å². The number of hydrogen-bond acceptors (Lipinski definition) is 3. The van der Waals surface area contributed by atoms with Gasteiger partial charge in [-0.05, 0) is 49.8 Å². The van der Waals surface area contributed by atoms with Gasteiger partial charge in [0.1, 0.15) is 0 Å². The molecule has 3 heteroatoms. The zero-order valence-electron chi connectivity index (χ0n) is 13.7. The van der Waals surface area contributed by atoms with Crippen molar-refractivity contribution in [2.75, 3.05) is 13.2 Å². The summed E-state index contributed by atoms with van der Waals surface area (Å²) in [7, 11) is 0. The topological polar surface area (TPSA) is 31.0 Å². The van der Waals surface area contributed by atoms with E-state index in [4.69, 9.17) is 14.2 Å². The molecule has 1 aromatic carbocycles. The minimum atomic E-state index is 0.426. The molecule has 0 aromatic heterocycles. The third-order valence-electron chi connectivity index (χ3n) is 3.88. The highest BCUT2D eigenvalue weighted by atomic mass is 16.6. The van der Waals surface area contributed by atoms with Crippen LogP contribution >= 0.6 is 0 Å². The first-order chi connectivity index (χ1) is 10.2. The molecule has 2 rings (SSSR count). The SMILES string of the molecule is CCCOc1ccc(C(C)CC2OC2C)cc1OCCC. The van der Waals surface area contributed by atoms with Gasteiger partial charge in [0.25, 0.3) is 0 Å². The van der Waals surface area contributed by atoms with Crippen molar-refractivity contribution in [3.05, 3.63) is 23.8 Å². The van der Waals surface area contributed by atoms with Gasteiger partial charge >= 0.3 is 0 Å². The molecule has 1 aliphatic heterocycles. The van der Waals surface area contributed by atoms with Gasteiger partial charge in [-0.1, -0.05) is 26.8 Å². The van der Waals surface area contributed by atoms with Crippen molar-refractivity contribution in [1.29, 1.82) is 0 Å². The van der Waals surface area contributed by atoms with Crippen molar-refractivity contribution >= 4 is 0 Å². The fraction of sp³-hybridized carbons (Fsp3) is 0.667. The lowest BCUT2D eigenvalue weighted by Gasteiger charge is -2.16. The molecule has 0 aliphatic carbocycles. The molecule has 118 valence electrons. The molecule has 21 heavy (non-hydrogen) atoms. The minimum absolute atomic E-state index is 0.426. The Morgan fingerprint density at radius 1 is 1.10 bits per heavy atom. The predicted molar refractivity (Wildman–Crippen MR) is 85.4 cm³/mol. The summed E-state index contributed by atoms with van der Waals surface area (Å²) < 4.78 is 17.2. The third kappa shape index (κ3) is 4.63. The number of hydrogen-bond donors (Lipinski definition) is 0. The monoisotopic (exact) mass is 292 g/mol. The van der Waals surface area contributed by atoms with E-state index in [0.717, 1.165) is 44.0 Å². The standard InChI is InChI=1S/C18H28O3/c1-5-9-19-16-8-7-15(12-18(16)20-10-6-2)13(3)11-17-14(4)21-17/h7-8,12-14,17H,5-6,9-11H2,1-4H3. The van der Waals surface area contributed by atoms with E-state index < -0.39 is 0 Å². The van der Waals surface area contributed by atoms with Gasteiger partial charge < -0.3 is 14.2 Å². The fourth-order valence-corrected chi connectivity index (χ4v) is 2.45. The maximum absolute atomic E-state index is 5.86. The van der Waals surface area contributed by atoms with Crippen LogP contribution in [0.3, 0.4) is 0 Å². The van der Waals surface area contributed by atoms with E-state index >= 15 is 0 Å². The van der Waals surface area contributed by atoms with Crippen molar-refractivity contribution in [1.82, 2.24) is 0 Å². The average molecular weight is 292 g/mol. The van der Waals surface area contributed by atoms with E-state index in [-0.39, 0.29) is 0 Å². The second-order valence-corrected chi connectivity index (χ2v) is 5.92. The van der Waals surface area contributed by atoms with Gasteiger partial charge in [-0.3, -0.25) is 0 Å². The lowest BCUT2D eigenvalue weighted by molar-refractivity contribution is 0.268. The van der Waals surface area contributed by atoms with Crippen LogP contribution in [0, 0.1) is 0 Å². The van der Waals surface area contributed by atoms with Gasteiger partial charge in [0.05, 0.1) is 25.4 Å². The summed E-state index contributed by atoms with van der Waals surface area (Å²) in [6.07, 6.45) is 3.93. The Kier molecular flexibility index (Phi) is 5.92. The molecule has 0 saturated carbocycles. The minimum Gasteiger partial charge on any atom is -0.490 e. The summed E-state index contributed by atoms with van der Waals surface area (Å²) >= 11 is 0. The summed E-state index contributed by atoms with van der Waals surface area (Å²) in [5, 5.41) is 0. The van der Waals surface area contributed by atoms with Gasteiger partial charge in [0, 0.05) is 0 Å². The van der Waals surface area contributed by atoms with Crippen LogP contribution in [0.1, 0.15) is 58.4 Å². The first-order valence-electron chi connectivity index (χ1n) is 8.20. The Bertz CT molecular complexity index is 444. The van der Waals surface area contributed by atoms with E-state index in [1.54, 1.807) is 0 Å². The fourth-order valence-electron chi connectivity index (χ4n) is 2.45. The highest BCUT2D eigenvalue weighted by molar-refractivity contribution is 5.44. The van der Waals surface area contributed by atoms with E-state index in [1.807, 2.05) is 6.07 Å². The normalized spacial score (nSPS) is 21.9. The van der Waals surface area contributed by atoms with E-state index in [0.29, 0.717) is 18.1 Å². The molecule has 0 N–H and O–H groups in total. The maximum atomic E-state index is 5.86. The van der Waals surface area contributed by atoms with Gasteiger partial charge in [-0.25, -0.2) is 0 Å². The molecular formula is C18H28O3. The second kappa shape index (κ2) is 7.69. The Hall–Kier alpha value is -1.22. The Morgan fingerprint density at radius 2 is 1.71 bits per heavy atom. The zero-order valence-corrected chi connectivity index (χ0v) is 13.7. The van der Waals surface area contributed by atoms with Gasteiger partial charge in [0.15, 0.2) is 11.5 Å². The molecule has 0 spiro atoms. The number of ether oxygens (including phenoxy) is 3. The molecule has 1 heterocycles. The van der Waals surface area contributed by atoms with Crippen LogP contribution in [0.2, 0.25) is 0 Å². The molecular weight excluding hydrogens is 264 g/mol. The van der Waals surface area contributed by atoms with Crippen molar-refractivity contribution < 1.29 is 14.2 Å². The average Bonchev–Trinajstić information content (AvgIpc) is 3.18. The van der Waals surface area contributed by atoms with Gasteiger partial charge in [-0.15, -0.1) is 0 Å². The second-order valence-electron chi connectivity index (χ2n) is 5.92. The van der Waals surface area contributed by atoms with E-state index in [2.05, 4.69) is 39.8 Å². The van der Waals surface area contributed by atoms with Crippen LogP contribution in [0.15, 0.2) is 18.2 Å². The molecule has 1 fully saturated rings. The maximum Gasteiger partial charge on any atom is 0.161 e. The summed E-state index contributed by atoms with van der Waals surface area (Å²) in [5.41, 5.74) is 1.30. The molecule has 1 aromatic rings. The molecule has 0 radical (unpaired) electrons. The zero-order chi connectivity index (χ0) is 15.2. The van der Waals surface area contributed by atoms with Crippen LogP contribution in [-0.2, 0) is 4.74 Å². The predicted octanol–water partition coefficient (Wildman–Crippen LogP) is 4.55. The third-order valence-corrected chi connectivity index (χ3v) is 3.88. The molecule has 0 amide bonds. The van der Waals surface area contributed by atoms with Crippen molar-refractivity contribution in [3.8, 4) is 11.5 Å². The Balaban J connectivity index is 2.06. The van der Waals surface area contributed by atoms with Gasteiger partial charge in [-0.2, -0.15) is 0 Å². The molecule has 3 atom stereocenters. The first kappa shape index (κ1) is 16.2. The highest BCUT2D eigenvalue weighted by Gasteiger charge is 2.35. The summed E-state index contributed by atoms with van der Waals surface area (Å²) in [5.74, 6) is 2.21. The van der Waals surface area contributed by atoms with E-state index in [9.17, 15) is 0 Å². The Morgan fingerprint density at radius 3 is 2.29 bits per heavy atom. The highest BCUT2D eigenvalue weighted by Crippen LogP contribution is 2.36. The van der Waals surface area contributed by atoms with Crippen molar-refractivity contribution in [2.24, 2.45) is 0 Å². The largest absolute Gasteiger partial charge is 0.490 e. The number of epoxide rings is 1. The molecule has 3 unspecified atom stereocenters. The van der Waals surface area contributed by atoms with Gasteiger partial charge in [0.2, 0.25) is 0 Å². The summed E-state index contributed by atoms with van der Waals surface area (Å²) in [6, 6.07) is 6.34. The molecule has 1 saturated heterocycles. The van der Waals surface area contributed by atoms with E-state index in [1.165, 1.54) is 5.56 Å². The Labute approximate surface area is 128 Å². The van der Waals surface area contributed by atoms with Crippen LogP contribution in [0.4, 0.5) is 0 Å². The van der Waals surface area contributed by atoms with Crippen LogP contribution in [-0.4, -0.2) is 25.4 Å². The number of rotatable bonds is 9. The lowest BCUT2D eigenvalue weighted by atomic mass is 9.95. The van der Waals surface area contributed by atoms with Crippen LogP contribution in [0.25, 0.3) is 0 Å². The quantitative estimate of drug-likeness (QED) is 0.626. The lowest BCUT2D eigenvalue weighted by Crippen LogP contribution is -2.04. The van der Waals surface area contributed by atoms with Crippen LogP contribution < -0.4 is 9.47 Å². The molecule has 3 nitrogen and oxygen atoms in total. The summed E-state index contributed by atoms with van der Waals surface area (Å²) in [4.78, 5) is 0. The number of benzene rings is 1. The van der Waals surface area contributed by atoms with Crippen molar-refractivity contribution in [2.45, 2.75) is 65.1 Å². The molecule has 0 bridgehead atoms. The smallest absolute Gasteiger partial charge is 0.161 e.